The first-order valence-corrected chi connectivity index (χ1v) is 36.0. The van der Waals surface area contributed by atoms with Crippen LogP contribution in [0.3, 0.4) is 0 Å². The third-order valence-corrected chi connectivity index (χ3v) is 32.6. The maximum atomic E-state index is 7.26. The summed E-state index contributed by atoms with van der Waals surface area (Å²) < 4.78 is 0. The molecule has 0 amide bonds. The molecule has 0 nitrogen and oxygen atoms in total. The van der Waals surface area contributed by atoms with Crippen LogP contribution in [0.2, 0.25) is 26.2 Å². The minimum atomic E-state index is -1.55. The summed E-state index contributed by atoms with van der Waals surface area (Å²) in [4.78, 5) is 0. The summed E-state index contributed by atoms with van der Waals surface area (Å²) in [7, 11) is -3.22. The standard InChI is InChI=1S/C28H52P2.2C16H13Si.2Au/c1-5-15-25(16-6-1)29(26-17-7-2-8-18-26)23-13-14-24-30(27-19-9-3-10-20-27)28-21-11-4-12-22-28;1-4-12-9-10-16-14(11-12)13-7-5-6-8-15(13)17(16,2)3;1-4-12-9-10-14-13-7-5-6-8-15(13)17(2,3)16(14)11-12;;/h25-28H,1-24H2;2*5-11H,2-3H3;;/q;2*-1;2*+1/p+2. The molecule has 4 fully saturated rings. The van der Waals surface area contributed by atoms with Crippen LogP contribution in [0.25, 0.3) is 22.3 Å². The van der Waals surface area contributed by atoms with Gasteiger partial charge in [-0.1, -0.05) is 118 Å². The van der Waals surface area contributed by atoms with Gasteiger partial charge in [0.2, 0.25) is 0 Å². The Hall–Kier alpha value is -1.23. The van der Waals surface area contributed by atoms with Crippen molar-refractivity contribution in [3.05, 3.63) is 109 Å². The van der Waals surface area contributed by atoms with Gasteiger partial charge in [0.05, 0.1) is 35.0 Å². The fraction of sp³-hybridized carbons (Fsp3) is 0.533. The van der Waals surface area contributed by atoms with Crippen molar-refractivity contribution in [1.29, 1.82) is 0 Å². The Morgan fingerprint density at radius 3 is 1.17 bits per heavy atom. The normalized spacial score (nSPS) is 19.8. The van der Waals surface area contributed by atoms with Crippen LogP contribution in [0.4, 0.5) is 0 Å². The maximum Gasteiger partial charge on any atom is 1.00 e. The molecule has 0 aromatic heterocycles. The van der Waals surface area contributed by atoms with Gasteiger partial charge in [0.1, 0.15) is 16.1 Å². The third kappa shape index (κ3) is 12.6. The summed E-state index contributed by atoms with van der Waals surface area (Å²) >= 11 is 0. The zero-order valence-electron chi connectivity index (χ0n) is 41.0. The molecule has 2 aliphatic heterocycles. The Labute approximate surface area is 439 Å². The average Bonchev–Trinajstić information content (AvgIpc) is 3.72. The predicted molar refractivity (Wildman–Crippen MR) is 293 cm³/mol. The first-order valence-electron chi connectivity index (χ1n) is 26.3. The molecule has 4 saturated carbocycles. The van der Waals surface area contributed by atoms with E-state index in [9.17, 15) is 0 Å². The van der Waals surface area contributed by atoms with E-state index in [-0.39, 0.29) is 60.6 Å². The molecule has 6 aliphatic rings. The molecule has 66 heavy (non-hydrogen) atoms. The Balaban J connectivity index is 0.000000172. The van der Waals surface area contributed by atoms with Crippen LogP contribution in [0.15, 0.2) is 84.9 Å². The topological polar surface area (TPSA) is 0 Å². The molecule has 10 rings (SSSR count). The Morgan fingerprint density at radius 2 is 0.742 bits per heavy atom. The van der Waals surface area contributed by atoms with Crippen LogP contribution in [-0.4, -0.2) is 51.1 Å². The van der Waals surface area contributed by atoms with E-state index in [1.165, 1.54) is 65.6 Å². The summed E-state index contributed by atoms with van der Waals surface area (Å²) in [5.41, 5.74) is 12.0. The summed E-state index contributed by atoms with van der Waals surface area (Å²) in [6, 6.07) is 30.0. The van der Waals surface area contributed by atoms with Gasteiger partial charge < -0.3 is 12.8 Å². The van der Waals surface area contributed by atoms with Crippen LogP contribution in [0.1, 0.15) is 152 Å². The van der Waals surface area contributed by atoms with E-state index in [0.717, 1.165) is 11.1 Å². The minimum absolute atomic E-state index is 0. The van der Waals surface area contributed by atoms with Crippen molar-refractivity contribution in [2.24, 2.45) is 0 Å². The minimum Gasteiger partial charge on any atom is -0.366 e. The SMILES string of the molecule is C1CCC([PH+](CCCC[PH+](C2CCCCC2)C2CCCCC2)C2CCCCC2)CC1.[Au+].[Au+].[C-]#Cc1ccc2c(c1)-c1ccccc1[Si]2(C)C.[C-]#Cc1ccc2c(c1)[Si](C)(C)c1ccccc1-2. The zero-order valence-corrected chi connectivity index (χ0v) is 49.3. The first kappa shape index (κ1) is 54.1. The van der Waals surface area contributed by atoms with E-state index in [1.54, 1.807) is 154 Å². The van der Waals surface area contributed by atoms with Crippen molar-refractivity contribution in [3.63, 3.8) is 0 Å². The molecule has 0 radical (unpaired) electrons. The molecule has 2 heterocycles. The van der Waals surface area contributed by atoms with Crippen molar-refractivity contribution in [1.82, 2.24) is 0 Å². The second kappa shape index (κ2) is 25.8. The van der Waals surface area contributed by atoms with Crippen LogP contribution in [0.5, 0.6) is 0 Å². The number of unbranched alkanes of at least 4 members (excludes halogenated alkanes) is 1. The monoisotopic (exact) mass is 1310 g/mol. The van der Waals surface area contributed by atoms with Crippen LogP contribution < -0.4 is 20.7 Å². The maximum absolute atomic E-state index is 7.26. The quantitative estimate of drug-likeness (QED) is 0.0515. The molecule has 0 atom stereocenters. The van der Waals surface area contributed by atoms with E-state index >= 15 is 0 Å². The van der Waals surface area contributed by atoms with E-state index in [2.05, 4.69) is 111 Å². The molecule has 0 N–H and O–H groups in total. The molecule has 6 heteroatoms. The zero-order chi connectivity index (χ0) is 44.5. The average molecular weight is 1310 g/mol. The molecule has 0 bridgehead atoms. The number of hydrogen-bond acceptors (Lipinski definition) is 0. The largest absolute Gasteiger partial charge is 1.00 e. The van der Waals surface area contributed by atoms with Gasteiger partial charge in [0.25, 0.3) is 0 Å². The second-order valence-corrected chi connectivity index (χ2v) is 37.0. The number of fused-ring (bicyclic) bond motifs is 6. The molecule has 0 saturated heterocycles. The fourth-order valence-corrected chi connectivity index (χ4v) is 28.7. The van der Waals surface area contributed by atoms with Crippen molar-refractivity contribution in [2.75, 3.05) is 12.3 Å². The van der Waals surface area contributed by atoms with Gasteiger partial charge in [-0.3, -0.25) is 11.8 Å². The number of benzene rings is 4. The van der Waals surface area contributed by atoms with Crippen LogP contribution >= 0.6 is 15.8 Å². The summed E-state index contributed by atoms with van der Waals surface area (Å²) in [5.74, 6) is 4.97. The molecular formula is C60H80Au2P2Si2+2. The van der Waals surface area contributed by atoms with Crippen LogP contribution in [0, 0.1) is 24.7 Å². The number of rotatable bonds is 9. The van der Waals surface area contributed by atoms with Gasteiger partial charge in [-0.25, -0.2) is 0 Å². The van der Waals surface area contributed by atoms with Crippen LogP contribution in [-0.2, 0) is 44.8 Å². The Bertz CT molecular complexity index is 2170. The smallest absolute Gasteiger partial charge is 0.366 e. The molecule has 0 spiro atoms. The van der Waals surface area contributed by atoms with E-state index in [4.69, 9.17) is 12.8 Å². The number of hydrogen-bond donors (Lipinski definition) is 0. The van der Waals surface area contributed by atoms with Gasteiger partial charge in [-0.15, -0.1) is 35.4 Å². The second-order valence-electron chi connectivity index (χ2n) is 21.8. The molecule has 4 aliphatic carbocycles. The molecule has 4 aromatic rings. The molecular weight excluding hydrogens is 1230 g/mol. The summed E-state index contributed by atoms with van der Waals surface area (Å²) in [6.07, 6.45) is 53.0. The van der Waals surface area contributed by atoms with E-state index in [1.807, 2.05) is 12.1 Å². The van der Waals surface area contributed by atoms with Crippen molar-refractivity contribution >= 4 is 52.7 Å². The Morgan fingerprint density at radius 1 is 0.409 bits per heavy atom. The van der Waals surface area contributed by atoms with Crippen molar-refractivity contribution < 1.29 is 44.8 Å². The van der Waals surface area contributed by atoms with E-state index in [0.29, 0.717) is 0 Å². The van der Waals surface area contributed by atoms with Gasteiger partial charge in [0.15, 0.2) is 0 Å². The van der Waals surface area contributed by atoms with Crippen molar-refractivity contribution in [2.45, 2.75) is 190 Å². The van der Waals surface area contributed by atoms with Gasteiger partial charge in [-0.05, 0) is 153 Å². The molecule has 0 unspecified atom stereocenters. The Kier molecular flexibility index (Phi) is 21.1. The summed E-state index contributed by atoms with van der Waals surface area (Å²) in [6.45, 7) is 9.55. The molecule has 358 valence electrons. The van der Waals surface area contributed by atoms with Crippen molar-refractivity contribution in [3.8, 4) is 34.1 Å². The molecule has 4 aromatic carbocycles. The summed E-state index contributed by atoms with van der Waals surface area (Å²) in [5, 5.41) is 5.95. The van der Waals surface area contributed by atoms with Gasteiger partial charge in [-0.2, -0.15) is 0 Å². The first-order chi connectivity index (χ1) is 31.2. The predicted octanol–water partition coefficient (Wildman–Crippen LogP) is 14.4. The fourth-order valence-electron chi connectivity index (χ4n) is 13.6. The van der Waals surface area contributed by atoms with Gasteiger partial charge in [0, 0.05) is 15.8 Å². The van der Waals surface area contributed by atoms with Gasteiger partial charge >= 0.3 is 44.8 Å². The third-order valence-electron chi connectivity index (χ3n) is 17.2. The van der Waals surface area contributed by atoms with E-state index < -0.39 is 16.1 Å².